The second-order valence-electron chi connectivity index (χ2n) is 8.67. The Morgan fingerprint density at radius 3 is 2.58 bits per heavy atom. The quantitative estimate of drug-likeness (QED) is 0.241. The summed E-state index contributed by atoms with van der Waals surface area (Å²) in [5.41, 5.74) is 1.94. The van der Waals surface area contributed by atoms with Crippen molar-refractivity contribution in [3.8, 4) is 5.75 Å². The van der Waals surface area contributed by atoms with Crippen molar-refractivity contribution in [1.82, 2.24) is 4.90 Å². The van der Waals surface area contributed by atoms with Crippen LogP contribution in [-0.4, -0.2) is 50.4 Å². The van der Waals surface area contributed by atoms with Crippen LogP contribution in [0, 0.1) is 6.92 Å². The first-order valence-corrected chi connectivity index (χ1v) is 12.1. The van der Waals surface area contributed by atoms with E-state index in [9.17, 15) is 14.7 Å². The fourth-order valence-electron chi connectivity index (χ4n) is 3.90. The van der Waals surface area contributed by atoms with E-state index in [2.05, 4.69) is 22.9 Å². The molecule has 1 heterocycles. The van der Waals surface area contributed by atoms with Gasteiger partial charge in [0, 0.05) is 10.0 Å². The molecule has 0 aliphatic carbocycles. The molecule has 176 valence electrons. The molecule has 3 rings (SSSR count). The van der Waals surface area contributed by atoms with Gasteiger partial charge in [-0.2, -0.15) is 0 Å². The minimum Gasteiger partial charge on any atom is -0.872 e. The Morgan fingerprint density at radius 2 is 1.94 bits per heavy atom. The largest absolute Gasteiger partial charge is 0.872 e. The van der Waals surface area contributed by atoms with Crippen molar-refractivity contribution in [2.45, 2.75) is 32.7 Å². The van der Waals surface area contributed by atoms with Crippen LogP contribution in [0.4, 0.5) is 0 Å². The lowest BCUT2D eigenvalue weighted by atomic mass is 9.95. The zero-order valence-corrected chi connectivity index (χ0v) is 21.2. The van der Waals surface area contributed by atoms with Crippen molar-refractivity contribution >= 4 is 33.4 Å². The van der Waals surface area contributed by atoms with E-state index in [1.54, 1.807) is 18.2 Å². The molecule has 33 heavy (non-hydrogen) atoms. The molecule has 0 spiro atoms. The number of amides is 1. The van der Waals surface area contributed by atoms with E-state index in [0.29, 0.717) is 25.3 Å². The molecular weight excluding hydrogens is 484 g/mol. The average molecular weight is 515 g/mol. The van der Waals surface area contributed by atoms with Gasteiger partial charge in [-0.05, 0) is 54.3 Å². The molecule has 1 N–H and O–H groups in total. The smallest absolute Gasteiger partial charge is 0.295 e. The summed E-state index contributed by atoms with van der Waals surface area (Å²) in [6.07, 6.45) is 1.99. The standard InChI is InChI=1S/C26H31BrN2O4/c1-5-6-14-33-21-11-10-19(15-17(21)2)24(30)22-23(18-8-7-9-20(27)16-18)29(13-12-28(3)4)26(32)25(22)31/h7-11,15-16,23,30H,5-6,12-14H2,1-4H3/b24-22+. The van der Waals surface area contributed by atoms with Crippen LogP contribution in [0.3, 0.4) is 0 Å². The number of quaternary nitrogens is 1. The Labute approximate surface area is 204 Å². The number of likely N-dealkylation sites (tertiary alicyclic amines) is 1. The lowest BCUT2D eigenvalue weighted by Crippen LogP contribution is -3.06. The summed E-state index contributed by atoms with van der Waals surface area (Å²) >= 11 is 3.47. The van der Waals surface area contributed by atoms with Gasteiger partial charge in [0.2, 0.25) is 5.78 Å². The molecule has 0 radical (unpaired) electrons. The van der Waals surface area contributed by atoms with Gasteiger partial charge in [0.15, 0.2) is 0 Å². The minimum atomic E-state index is -0.723. The highest BCUT2D eigenvalue weighted by Crippen LogP contribution is 2.39. The van der Waals surface area contributed by atoms with Gasteiger partial charge >= 0.3 is 0 Å². The van der Waals surface area contributed by atoms with Crippen molar-refractivity contribution in [1.29, 1.82) is 0 Å². The molecule has 1 saturated heterocycles. The topological polar surface area (TPSA) is 74.1 Å². The van der Waals surface area contributed by atoms with Crippen LogP contribution in [-0.2, 0) is 9.59 Å². The van der Waals surface area contributed by atoms with Crippen LogP contribution in [0.25, 0.3) is 5.76 Å². The minimum absolute atomic E-state index is 0.00547. The zero-order chi connectivity index (χ0) is 24.1. The van der Waals surface area contributed by atoms with E-state index in [4.69, 9.17) is 4.74 Å². The SMILES string of the molecule is CCCCOc1ccc(/C([O-])=C2\C(=O)C(=O)N(CC[NH+](C)C)C2c2cccc(Br)c2)cc1C. The summed E-state index contributed by atoms with van der Waals surface area (Å²) < 4.78 is 6.62. The van der Waals surface area contributed by atoms with E-state index in [0.717, 1.165) is 39.1 Å². The highest BCUT2D eigenvalue weighted by Gasteiger charge is 2.44. The van der Waals surface area contributed by atoms with Crippen molar-refractivity contribution in [2.75, 3.05) is 33.8 Å². The predicted octanol–water partition coefficient (Wildman–Crippen LogP) is 2.30. The number of carbonyl (C=O) groups is 2. The Kier molecular flexibility index (Phi) is 8.32. The molecule has 2 aromatic carbocycles. The molecule has 0 aromatic heterocycles. The monoisotopic (exact) mass is 514 g/mol. The van der Waals surface area contributed by atoms with Crippen molar-refractivity contribution < 1.29 is 24.3 Å². The Hall–Kier alpha value is -2.64. The van der Waals surface area contributed by atoms with E-state index < -0.39 is 23.5 Å². The maximum Gasteiger partial charge on any atom is 0.295 e. The maximum absolute atomic E-state index is 13.6. The summed E-state index contributed by atoms with van der Waals surface area (Å²) in [6, 6.07) is 11.9. The third-order valence-corrected chi connectivity index (χ3v) is 6.23. The average Bonchev–Trinajstić information content (AvgIpc) is 3.03. The molecule has 6 nitrogen and oxygen atoms in total. The van der Waals surface area contributed by atoms with Crippen molar-refractivity contribution in [3.63, 3.8) is 0 Å². The summed E-state index contributed by atoms with van der Waals surface area (Å²) in [6.45, 7) is 5.63. The fraction of sp³-hybridized carbons (Fsp3) is 0.385. The third kappa shape index (κ3) is 5.65. The maximum atomic E-state index is 13.6. The number of nitrogens with one attached hydrogen (secondary N) is 1. The van der Waals surface area contributed by atoms with E-state index >= 15 is 0 Å². The molecule has 0 saturated carbocycles. The summed E-state index contributed by atoms with van der Waals surface area (Å²) in [7, 11) is 3.97. The first-order valence-electron chi connectivity index (χ1n) is 11.3. The number of hydrogen-bond donors (Lipinski definition) is 1. The first kappa shape index (κ1) is 25.0. The second-order valence-corrected chi connectivity index (χ2v) is 9.58. The Morgan fingerprint density at radius 1 is 1.18 bits per heavy atom. The van der Waals surface area contributed by atoms with Gasteiger partial charge < -0.3 is 19.6 Å². The Bertz CT molecular complexity index is 1060. The number of aryl methyl sites for hydroxylation is 1. The number of ether oxygens (including phenoxy) is 1. The molecule has 1 unspecified atom stereocenters. The van der Waals surface area contributed by atoms with Crippen molar-refractivity contribution in [3.05, 3.63) is 69.2 Å². The van der Waals surface area contributed by atoms with Crippen LogP contribution in [0.5, 0.6) is 5.75 Å². The van der Waals surface area contributed by atoms with Gasteiger partial charge in [-0.25, -0.2) is 0 Å². The van der Waals surface area contributed by atoms with Gasteiger partial charge in [-0.1, -0.05) is 53.2 Å². The Balaban J connectivity index is 2.06. The lowest BCUT2D eigenvalue weighted by molar-refractivity contribution is -0.857. The third-order valence-electron chi connectivity index (χ3n) is 5.74. The van der Waals surface area contributed by atoms with E-state index in [-0.39, 0.29) is 5.57 Å². The number of unbranched alkanes of at least 4 members (excludes halogenated alkanes) is 1. The molecule has 1 aliphatic heterocycles. The van der Waals surface area contributed by atoms with Crippen LogP contribution in [0.1, 0.15) is 42.5 Å². The number of Topliss-reactive ketones (excluding diaryl/α,β-unsaturated/α-hetero) is 1. The van der Waals surface area contributed by atoms with E-state index in [1.165, 1.54) is 4.90 Å². The number of nitrogens with zero attached hydrogens (tertiary/aromatic N) is 1. The number of likely N-dealkylation sites (N-methyl/N-ethyl adjacent to an activating group) is 1. The predicted molar refractivity (Wildman–Crippen MR) is 130 cm³/mol. The highest BCUT2D eigenvalue weighted by molar-refractivity contribution is 9.10. The van der Waals surface area contributed by atoms with Gasteiger partial charge in [-0.3, -0.25) is 9.59 Å². The van der Waals surface area contributed by atoms with E-state index in [1.807, 2.05) is 45.3 Å². The normalized spacial score (nSPS) is 17.8. The number of ketones is 1. The highest BCUT2D eigenvalue weighted by atomic mass is 79.9. The van der Waals surface area contributed by atoms with Crippen LogP contribution < -0.4 is 14.7 Å². The molecule has 0 bridgehead atoms. The van der Waals surface area contributed by atoms with Gasteiger partial charge in [-0.15, -0.1) is 0 Å². The molecule has 1 amide bonds. The molecule has 1 fully saturated rings. The van der Waals surface area contributed by atoms with Crippen molar-refractivity contribution in [2.24, 2.45) is 0 Å². The molecular formula is C26H31BrN2O4. The lowest BCUT2D eigenvalue weighted by Gasteiger charge is -2.28. The number of hydrogen-bond acceptors (Lipinski definition) is 4. The zero-order valence-electron chi connectivity index (χ0n) is 19.6. The number of rotatable bonds is 9. The summed E-state index contributed by atoms with van der Waals surface area (Å²) in [5.74, 6) is -1.04. The number of halogens is 1. The molecule has 1 aliphatic rings. The first-order chi connectivity index (χ1) is 15.7. The molecule has 7 heteroatoms. The summed E-state index contributed by atoms with van der Waals surface area (Å²) in [5, 5.41) is 13.6. The van der Waals surface area contributed by atoms with Gasteiger partial charge in [0.05, 0.1) is 39.8 Å². The van der Waals surface area contributed by atoms with Gasteiger partial charge in [0.1, 0.15) is 5.75 Å². The number of carbonyl (C=O) groups excluding carboxylic acids is 2. The fourth-order valence-corrected chi connectivity index (χ4v) is 4.32. The molecule has 2 aromatic rings. The summed E-state index contributed by atoms with van der Waals surface area (Å²) in [4.78, 5) is 28.7. The van der Waals surface area contributed by atoms with Crippen LogP contribution in [0.2, 0.25) is 0 Å². The second kappa shape index (κ2) is 11.0. The van der Waals surface area contributed by atoms with Crippen LogP contribution in [0.15, 0.2) is 52.5 Å². The van der Waals surface area contributed by atoms with Crippen LogP contribution >= 0.6 is 15.9 Å². The van der Waals surface area contributed by atoms with Gasteiger partial charge in [0.25, 0.3) is 5.91 Å². The number of benzene rings is 2. The molecule has 1 atom stereocenters.